The number of rotatable bonds is 4. The van der Waals surface area contributed by atoms with E-state index >= 15 is 0 Å². The zero-order chi connectivity index (χ0) is 21.6. The number of aliphatic carboxylic acids is 1. The number of benzene rings is 2. The first kappa shape index (κ1) is 21.2. The number of nitrogens with zero attached hydrogens (tertiary/aromatic N) is 1. The van der Waals surface area contributed by atoms with Gasteiger partial charge in [-0.1, -0.05) is 56.7 Å². The fourth-order valence-corrected chi connectivity index (χ4v) is 5.49. The third-order valence-electron chi connectivity index (χ3n) is 5.06. The minimum Gasteiger partial charge on any atom is -0.478 e. The Balaban J connectivity index is 2.25. The summed E-state index contributed by atoms with van der Waals surface area (Å²) in [4.78, 5) is 12.1. The van der Waals surface area contributed by atoms with Crippen molar-refractivity contribution in [2.45, 2.75) is 44.7 Å². The van der Waals surface area contributed by atoms with E-state index in [0.29, 0.717) is 0 Å². The first-order chi connectivity index (χ1) is 13.4. The molecule has 0 aromatic heterocycles. The molecule has 2 aromatic carbocycles. The molecule has 7 heteroatoms. The fourth-order valence-electron chi connectivity index (χ4n) is 3.58. The molecule has 29 heavy (non-hydrogen) atoms. The summed E-state index contributed by atoms with van der Waals surface area (Å²) in [5.74, 6) is -1.78. The number of aryl methyl sites for hydroxylation is 1. The van der Waals surface area contributed by atoms with Gasteiger partial charge in [-0.3, -0.25) is 0 Å². The molecule has 2 aromatic rings. The maximum Gasteiger partial charge on any atom is 0.333 e. The molecular weight excluding hydrogens is 393 g/mol. The molecule has 0 amide bonds. The van der Waals surface area contributed by atoms with E-state index in [0.717, 1.165) is 5.56 Å². The topological polar surface area (TPSA) is 74.7 Å². The number of carboxylic acids is 1. The van der Waals surface area contributed by atoms with Crippen LogP contribution in [-0.2, 0) is 14.8 Å². The number of hydrogen-bond donors (Lipinski definition) is 1. The molecule has 0 spiro atoms. The van der Waals surface area contributed by atoms with Crippen molar-refractivity contribution in [2.24, 2.45) is 5.41 Å². The first-order valence-corrected chi connectivity index (χ1v) is 10.7. The van der Waals surface area contributed by atoms with Gasteiger partial charge in [-0.05, 0) is 42.2 Å². The van der Waals surface area contributed by atoms with Crippen LogP contribution in [0, 0.1) is 18.2 Å². The van der Waals surface area contributed by atoms with Gasteiger partial charge in [0.1, 0.15) is 5.82 Å². The Morgan fingerprint density at radius 1 is 1.10 bits per heavy atom. The van der Waals surface area contributed by atoms with Crippen molar-refractivity contribution in [1.29, 1.82) is 0 Å². The van der Waals surface area contributed by atoms with Crippen LogP contribution in [0.3, 0.4) is 0 Å². The molecule has 0 bridgehead atoms. The Morgan fingerprint density at radius 3 is 2.24 bits per heavy atom. The van der Waals surface area contributed by atoms with Crippen molar-refractivity contribution in [2.75, 3.05) is 0 Å². The fraction of sp³-hybridized carbons (Fsp3) is 0.318. The van der Waals surface area contributed by atoms with Crippen LogP contribution in [0.1, 0.15) is 37.9 Å². The van der Waals surface area contributed by atoms with Crippen LogP contribution in [-0.4, -0.2) is 29.8 Å². The first-order valence-electron chi connectivity index (χ1n) is 9.23. The van der Waals surface area contributed by atoms with Crippen molar-refractivity contribution >= 4 is 16.0 Å². The van der Waals surface area contributed by atoms with Gasteiger partial charge in [0.05, 0.1) is 16.5 Å². The molecule has 3 rings (SSSR count). The summed E-state index contributed by atoms with van der Waals surface area (Å²) in [6, 6.07) is 9.98. The predicted octanol–water partition coefficient (Wildman–Crippen LogP) is 4.31. The molecule has 154 valence electrons. The minimum atomic E-state index is -4.07. The summed E-state index contributed by atoms with van der Waals surface area (Å²) in [5.41, 5.74) is 0.525. The van der Waals surface area contributed by atoms with E-state index < -0.39 is 39.3 Å². The maximum atomic E-state index is 13.9. The second-order valence-corrected chi connectivity index (χ2v) is 10.2. The molecule has 5 nitrogen and oxygen atoms in total. The number of hydrogen-bond acceptors (Lipinski definition) is 3. The van der Waals surface area contributed by atoms with E-state index in [4.69, 9.17) is 0 Å². The van der Waals surface area contributed by atoms with Crippen LogP contribution < -0.4 is 0 Å². The lowest BCUT2D eigenvalue weighted by Gasteiger charge is -2.37. The van der Waals surface area contributed by atoms with Crippen molar-refractivity contribution in [1.82, 2.24) is 4.31 Å². The highest BCUT2D eigenvalue weighted by Crippen LogP contribution is 2.46. The third kappa shape index (κ3) is 3.97. The highest BCUT2D eigenvalue weighted by atomic mass is 32.2. The Kier molecular flexibility index (Phi) is 5.40. The van der Waals surface area contributed by atoms with Crippen LogP contribution in [0.15, 0.2) is 65.1 Å². The van der Waals surface area contributed by atoms with E-state index in [1.807, 2.05) is 27.7 Å². The van der Waals surface area contributed by atoms with E-state index in [2.05, 4.69) is 0 Å². The highest BCUT2D eigenvalue weighted by molar-refractivity contribution is 7.89. The smallest absolute Gasteiger partial charge is 0.333 e. The molecule has 0 saturated carbocycles. The van der Waals surface area contributed by atoms with Crippen molar-refractivity contribution in [3.8, 4) is 0 Å². The number of carbonyl (C=O) groups is 1. The zero-order valence-electron chi connectivity index (χ0n) is 16.8. The molecule has 1 aliphatic heterocycles. The standard InChI is InChI=1S/C22H24FNO4S/c1-14-8-10-17(11-9-14)29(27,28)24-19(22(2,3)4)13-18(21(25)26)20(24)15-6-5-7-16(23)12-15/h5-13,19-20H,1-4H3,(H,25,26)/t19-,20?/m0/s1. The van der Waals surface area contributed by atoms with Crippen molar-refractivity contribution < 1.29 is 22.7 Å². The van der Waals surface area contributed by atoms with Gasteiger partial charge in [0, 0.05) is 6.04 Å². The van der Waals surface area contributed by atoms with Crippen LogP contribution in [0.2, 0.25) is 0 Å². The molecule has 0 fully saturated rings. The maximum absolute atomic E-state index is 13.9. The van der Waals surface area contributed by atoms with Crippen molar-refractivity contribution in [3.05, 3.63) is 77.1 Å². The quantitative estimate of drug-likeness (QED) is 0.805. The van der Waals surface area contributed by atoms with Gasteiger partial charge in [0.25, 0.3) is 0 Å². The molecule has 1 aliphatic rings. The van der Waals surface area contributed by atoms with Gasteiger partial charge in [0.2, 0.25) is 10.0 Å². The number of sulfonamides is 1. The SMILES string of the molecule is Cc1ccc(S(=O)(=O)N2C(c3cccc(F)c3)C(C(=O)O)=C[C@H]2C(C)(C)C)cc1. The Morgan fingerprint density at radius 2 is 1.72 bits per heavy atom. The molecule has 0 aliphatic carbocycles. The van der Waals surface area contributed by atoms with Crippen LogP contribution in [0.4, 0.5) is 4.39 Å². The molecular formula is C22H24FNO4S. The Hall–Kier alpha value is -2.51. The average Bonchev–Trinajstić information content (AvgIpc) is 3.04. The van der Waals surface area contributed by atoms with Crippen LogP contribution >= 0.6 is 0 Å². The van der Waals surface area contributed by atoms with E-state index in [9.17, 15) is 22.7 Å². The average molecular weight is 418 g/mol. The largest absolute Gasteiger partial charge is 0.478 e. The second-order valence-electron chi connectivity index (χ2n) is 8.34. The van der Waals surface area contributed by atoms with E-state index in [1.165, 1.54) is 40.7 Å². The molecule has 2 atom stereocenters. The van der Waals surface area contributed by atoms with Gasteiger partial charge < -0.3 is 5.11 Å². The lowest BCUT2D eigenvalue weighted by Crippen LogP contribution is -2.45. The molecule has 0 radical (unpaired) electrons. The number of halogens is 1. The summed E-state index contributed by atoms with van der Waals surface area (Å²) in [6.45, 7) is 7.39. The van der Waals surface area contributed by atoms with Gasteiger partial charge in [-0.25, -0.2) is 17.6 Å². The molecule has 0 saturated heterocycles. The molecule has 1 unspecified atom stereocenters. The zero-order valence-corrected chi connectivity index (χ0v) is 17.6. The Bertz CT molecular complexity index is 1070. The Labute approximate surface area is 170 Å². The summed E-state index contributed by atoms with van der Waals surface area (Å²) >= 11 is 0. The third-order valence-corrected chi connectivity index (χ3v) is 6.92. The molecule has 1 N–H and O–H groups in total. The van der Waals surface area contributed by atoms with Gasteiger partial charge >= 0.3 is 5.97 Å². The summed E-state index contributed by atoms with van der Waals surface area (Å²) in [5, 5.41) is 9.80. The van der Waals surface area contributed by atoms with Gasteiger partial charge in [0.15, 0.2) is 0 Å². The van der Waals surface area contributed by atoms with E-state index in [-0.39, 0.29) is 16.0 Å². The second kappa shape index (κ2) is 7.39. The minimum absolute atomic E-state index is 0.0683. The van der Waals surface area contributed by atoms with Gasteiger partial charge in [-0.2, -0.15) is 4.31 Å². The van der Waals surface area contributed by atoms with Crippen molar-refractivity contribution in [3.63, 3.8) is 0 Å². The summed E-state index contributed by atoms with van der Waals surface area (Å²) in [7, 11) is -4.07. The normalized spacial score (nSPS) is 20.5. The molecule has 1 heterocycles. The van der Waals surface area contributed by atoms with Gasteiger partial charge in [-0.15, -0.1) is 0 Å². The lowest BCUT2D eigenvalue weighted by atomic mass is 9.87. The van der Waals surface area contributed by atoms with E-state index in [1.54, 1.807) is 18.2 Å². The highest BCUT2D eigenvalue weighted by Gasteiger charge is 2.49. The summed E-state index contributed by atoms with van der Waals surface area (Å²) < 4.78 is 42.4. The predicted molar refractivity (Wildman–Crippen MR) is 108 cm³/mol. The summed E-state index contributed by atoms with van der Waals surface area (Å²) in [6.07, 6.45) is 1.48. The van der Waals surface area contributed by atoms with Crippen LogP contribution in [0.25, 0.3) is 0 Å². The monoisotopic (exact) mass is 417 g/mol. The lowest BCUT2D eigenvalue weighted by molar-refractivity contribution is -0.133. The number of carboxylic acid groups (broad SMARTS) is 1. The van der Waals surface area contributed by atoms with Crippen LogP contribution in [0.5, 0.6) is 0 Å².